The lowest BCUT2D eigenvalue weighted by Crippen LogP contribution is -2.07. The van der Waals surface area contributed by atoms with Crippen LogP contribution in [0.1, 0.15) is 87.5 Å². The third kappa shape index (κ3) is 24.0. The highest BCUT2D eigenvalue weighted by Gasteiger charge is 2.04. The molecule has 0 N–H and O–H groups in total. The van der Waals surface area contributed by atoms with Gasteiger partial charge in [-0.15, -0.1) is 0 Å². The van der Waals surface area contributed by atoms with Crippen molar-refractivity contribution in [3.8, 4) is 0 Å². The minimum absolute atomic E-state index is 0.00868. The largest absolute Gasteiger partial charge is 0.369 e. The number of hydrogen-bond donors (Lipinski definition) is 0. The van der Waals surface area contributed by atoms with E-state index in [4.69, 9.17) is 0 Å². The van der Waals surface area contributed by atoms with Crippen LogP contribution in [0.4, 0.5) is 0 Å². The fraction of sp³-hybridized carbons (Fsp3) is 0.548. The fourth-order valence-corrected chi connectivity index (χ4v) is 3.98. The third-order valence-electron chi connectivity index (χ3n) is 8.00. The molecule has 3 rings (SSSR count). The highest BCUT2D eigenvalue weighted by molar-refractivity contribution is 5.53. The predicted molar refractivity (Wildman–Crippen MR) is 219 cm³/mol. The van der Waals surface area contributed by atoms with Crippen LogP contribution in [0.2, 0.25) is 0 Å². The molecule has 0 aliphatic carbocycles. The van der Waals surface area contributed by atoms with Gasteiger partial charge in [-0.3, -0.25) is 10.0 Å². The molecular weight excluding hydrogens is 603 g/mol. The number of rotatable bonds is 2. The zero-order chi connectivity index (χ0) is 39.1. The van der Waals surface area contributed by atoms with Crippen molar-refractivity contribution >= 4 is 6.34 Å². The van der Waals surface area contributed by atoms with Crippen LogP contribution in [-0.2, 0) is 0 Å². The van der Waals surface area contributed by atoms with Gasteiger partial charge in [-0.05, 0) is 171 Å². The molecule has 49 heavy (non-hydrogen) atoms. The molecule has 3 aromatic carbocycles. The Morgan fingerprint density at radius 1 is 0.449 bits per heavy atom. The van der Waals surface area contributed by atoms with E-state index < -0.39 is 0 Å². The molecule has 0 aliphatic heterocycles. The van der Waals surface area contributed by atoms with Crippen LogP contribution >= 0.6 is 0 Å². The van der Waals surface area contributed by atoms with Crippen molar-refractivity contribution in [3.63, 3.8) is 0 Å². The second-order valence-electron chi connectivity index (χ2n) is 13.8. The number of azo groups is 1. The van der Waals surface area contributed by atoms with Gasteiger partial charge in [0, 0.05) is 42.3 Å². The van der Waals surface area contributed by atoms with Crippen LogP contribution in [0.5, 0.6) is 0 Å². The molecule has 0 unspecified atom stereocenters. The van der Waals surface area contributed by atoms with Crippen molar-refractivity contribution in [1.82, 2.24) is 9.91 Å². The Labute approximate surface area is 303 Å². The van der Waals surface area contributed by atoms with E-state index in [1.807, 2.05) is 53.9 Å². The van der Waals surface area contributed by atoms with E-state index in [1.165, 1.54) is 66.8 Å². The number of nitrogens with zero attached hydrogens (tertiary/aromatic N) is 7. The highest BCUT2D eigenvalue weighted by atomic mass is 15.5. The predicted octanol–water partition coefficient (Wildman–Crippen LogP) is 11.4. The molecule has 7 nitrogen and oxygen atoms in total. The number of aliphatic imine (C=N–C) groups is 1. The molecule has 3 aromatic rings. The zero-order valence-electron chi connectivity index (χ0n) is 35.7. The topological polar surface area (TPSA) is 68.3 Å². The molecule has 0 heterocycles. The van der Waals surface area contributed by atoms with E-state index in [2.05, 4.69) is 145 Å². The summed E-state index contributed by atoms with van der Waals surface area (Å²) in [6.07, 6.45) is 1.75. The van der Waals surface area contributed by atoms with Gasteiger partial charge in [0.15, 0.2) is 0 Å². The van der Waals surface area contributed by atoms with Gasteiger partial charge in [0.2, 0.25) is 0 Å². The first-order valence-electron chi connectivity index (χ1n) is 17.0. The van der Waals surface area contributed by atoms with Crippen LogP contribution in [-0.4, -0.2) is 71.1 Å². The maximum atomic E-state index is 3.88. The van der Waals surface area contributed by atoms with Crippen molar-refractivity contribution in [3.05, 3.63) is 103 Å². The van der Waals surface area contributed by atoms with Gasteiger partial charge in [-0.2, -0.15) is 15.3 Å². The second-order valence-corrected chi connectivity index (χ2v) is 13.8. The third-order valence-corrected chi connectivity index (χ3v) is 8.00. The Morgan fingerprint density at radius 3 is 0.755 bits per heavy atom. The van der Waals surface area contributed by atoms with Crippen molar-refractivity contribution in [2.24, 2.45) is 25.6 Å². The first-order valence-corrected chi connectivity index (χ1v) is 17.0. The molecule has 0 saturated carbocycles. The van der Waals surface area contributed by atoms with E-state index >= 15 is 0 Å². The molecular formula is C42H73N7. The number of benzene rings is 3. The summed E-state index contributed by atoms with van der Waals surface area (Å²) in [7, 11) is 12.6. The first kappa shape index (κ1) is 49.5. The summed E-state index contributed by atoms with van der Waals surface area (Å²) in [6.45, 7) is 32.0. The van der Waals surface area contributed by atoms with Crippen LogP contribution in [0.3, 0.4) is 0 Å². The van der Waals surface area contributed by atoms with E-state index in [1.54, 1.807) is 32.5 Å². The summed E-state index contributed by atoms with van der Waals surface area (Å²) in [6, 6.07) is 13.1. The minimum atomic E-state index is 0.00868. The van der Waals surface area contributed by atoms with Gasteiger partial charge in [-0.1, -0.05) is 41.6 Å². The lowest BCUT2D eigenvalue weighted by Gasteiger charge is -2.06. The molecule has 0 bridgehead atoms. The average molecular weight is 676 g/mol. The maximum absolute atomic E-state index is 3.88. The highest BCUT2D eigenvalue weighted by Crippen LogP contribution is 2.17. The van der Waals surface area contributed by atoms with Gasteiger partial charge < -0.3 is 4.90 Å². The molecule has 0 saturated heterocycles. The van der Waals surface area contributed by atoms with Crippen molar-refractivity contribution in [2.75, 3.05) is 49.3 Å². The molecule has 7 heteroatoms. The van der Waals surface area contributed by atoms with Crippen LogP contribution in [0.25, 0.3) is 0 Å². The van der Waals surface area contributed by atoms with Gasteiger partial charge in [0.05, 0.1) is 18.9 Å². The summed E-state index contributed by atoms with van der Waals surface area (Å²) in [4.78, 5) is 5.62. The van der Waals surface area contributed by atoms with Crippen LogP contribution in [0, 0.1) is 83.1 Å². The van der Waals surface area contributed by atoms with E-state index in [0.717, 1.165) is 0 Å². The average Bonchev–Trinajstić information content (AvgIpc) is 3.01. The van der Waals surface area contributed by atoms with E-state index in [9.17, 15) is 0 Å². The van der Waals surface area contributed by atoms with Gasteiger partial charge >= 0.3 is 0 Å². The molecule has 0 atom stereocenters. The van der Waals surface area contributed by atoms with Crippen molar-refractivity contribution < 1.29 is 0 Å². The standard InChI is InChI=1S/3C10H14.C5H12N2.C4H10N2.C3H9N3/c3*1-7-5-6-8(2)10(4)9(7)3;1-5(2,3)7-6-4;1-5-4-6(2)3;1-4-5-6(2)3/h3*5-6H,1-4H3;1-4H3;4H,1-3H3;1-3H3. The van der Waals surface area contributed by atoms with Crippen LogP contribution < -0.4 is 0 Å². The van der Waals surface area contributed by atoms with Gasteiger partial charge in [0.25, 0.3) is 0 Å². The summed E-state index contributed by atoms with van der Waals surface area (Å²) in [5.74, 6) is 0. The first-order chi connectivity index (χ1) is 22.5. The molecule has 276 valence electrons. The second kappa shape index (κ2) is 26.1. The SMILES string of the molecule is CN=CN(C)C.CN=NC(C)(C)C.CN=NN(C)C.Cc1ccc(C)c(C)c1C.Cc1ccc(C)c(C)c1C.Cc1ccc(C)c(C)c1C. The van der Waals surface area contributed by atoms with Crippen molar-refractivity contribution in [2.45, 2.75) is 109 Å². The molecule has 0 amide bonds. The monoisotopic (exact) mass is 676 g/mol. The van der Waals surface area contributed by atoms with Crippen molar-refractivity contribution in [1.29, 1.82) is 0 Å². The Bertz CT molecular complexity index is 1210. The molecule has 0 aromatic heterocycles. The van der Waals surface area contributed by atoms with E-state index in [-0.39, 0.29) is 5.54 Å². The number of aryl methyl sites for hydroxylation is 6. The molecule has 0 spiro atoms. The summed E-state index contributed by atoms with van der Waals surface area (Å²) >= 11 is 0. The lowest BCUT2D eigenvalue weighted by molar-refractivity contribution is 0.404. The Balaban J connectivity index is -0.000000527. The summed E-state index contributed by atoms with van der Waals surface area (Å²) < 4.78 is 0. The van der Waals surface area contributed by atoms with Gasteiger partial charge in [0.1, 0.15) is 0 Å². The summed E-state index contributed by atoms with van der Waals surface area (Å²) in [5, 5.41) is 16.2. The van der Waals surface area contributed by atoms with Gasteiger partial charge in [-0.25, -0.2) is 0 Å². The molecule has 0 radical (unpaired) electrons. The minimum Gasteiger partial charge on any atom is -0.369 e. The lowest BCUT2D eigenvalue weighted by atomic mass is 10.0. The normalized spacial score (nSPS) is 10.4. The smallest absolute Gasteiger partial charge is 0.0841 e. The summed E-state index contributed by atoms with van der Waals surface area (Å²) in [5.41, 5.74) is 16.9. The maximum Gasteiger partial charge on any atom is 0.0841 e. The van der Waals surface area contributed by atoms with E-state index in [0.29, 0.717) is 0 Å². The fourth-order valence-electron chi connectivity index (χ4n) is 3.98. The number of hydrogen-bond acceptors (Lipinski definition) is 5. The van der Waals surface area contributed by atoms with Crippen LogP contribution in [0.15, 0.2) is 62.0 Å². The molecule has 0 aliphatic rings. The molecule has 0 fully saturated rings. The quantitative estimate of drug-likeness (QED) is 0.117. The Hall–Kier alpha value is -3.87. The Morgan fingerprint density at radius 2 is 0.694 bits per heavy atom. The Kier molecular flexibility index (Phi) is 26.3. The zero-order valence-corrected chi connectivity index (χ0v) is 35.7.